The van der Waals surface area contributed by atoms with E-state index in [-0.39, 0.29) is 5.69 Å². The molecule has 0 aliphatic rings. The Kier molecular flexibility index (Phi) is 3.48. The quantitative estimate of drug-likeness (QED) is 0.734. The Morgan fingerprint density at radius 1 is 1.10 bits per heavy atom. The Labute approximate surface area is 129 Å². The largest absolute Gasteiger partial charge is 0.396 e. The molecule has 5 nitrogen and oxygen atoms in total. The van der Waals surface area contributed by atoms with Gasteiger partial charge in [-0.25, -0.2) is 4.39 Å². The van der Waals surface area contributed by atoms with Crippen LogP contribution in [-0.2, 0) is 0 Å². The fourth-order valence-electron chi connectivity index (χ4n) is 1.84. The van der Waals surface area contributed by atoms with Gasteiger partial charge in [-0.05, 0) is 46.8 Å². The third-order valence-corrected chi connectivity index (χ3v) is 3.42. The number of aromatic nitrogens is 4. The van der Waals surface area contributed by atoms with Gasteiger partial charge in [0.15, 0.2) is 5.82 Å². The van der Waals surface area contributed by atoms with Gasteiger partial charge in [-0.2, -0.15) is 4.68 Å². The van der Waals surface area contributed by atoms with Crippen molar-refractivity contribution in [1.82, 2.24) is 20.2 Å². The van der Waals surface area contributed by atoms with Crippen LogP contribution in [0.1, 0.15) is 0 Å². The molecule has 0 amide bonds. The number of benzene rings is 2. The van der Waals surface area contributed by atoms with Gasteiger partial charge in [-0.3, -0.25) is 0 Å². The molecule has 0 bridgehead atoms. The van der Waals surface area contributed by atoms with Crippen molar-refractivity contribution in [2.45, 2.75) is 0 Å². The lowest BCUT2D eigenvalue weighted by Gasteiger charge is -2.07. The van der Waals surface area contributed by atoms with E-state index in [1.54, 1.807) is 24.3 Å². The fraction of sp³-hybridized carbons (Fsp3) is 0. The number of hydrogen-bond acceptors (Lipinski definition) is 4. The van der Waals surface area contributed by atoms with Crippen LogP contribution in [0.25, 0.3) is 17.1 Å². The molecule has 0 aliphatic carbocycles. The molecule has 2 N–H and O–H groups in total. The third-order valence-electron chi connectivity index (χ3n) is 2.86. The molecule has 106 valence electrons. The smallest absolute Gasteiger partial charge is 0.187 e. The van der Waals surface area contributed by atoms with E-state index in [2.05, 4.69) is 15.5 Å². The van der Waals surface area contributed by atoms with Crippen LogP contribution in [0.2, 0.25) is 10.0 Å². The van der Waals surface area contributed by atoms with E-state index in [0.717, 1.165) is 0 Å². The summed E-state index contributed by atoms with van der Waals surface area (Å²) in [6, 6.07) is 9.24. The van der Waals surface area contributed by atoms with Crippen molar-refractivity contribution in [1.29, 1.82) is 0 Å². The van der Waals surface area contributed by atoms with Crippen LogP contribution in [0.4, 0.5) is 10.1 Å². The van der Waals surface area contributed by atoms with E-state index in [1.807, 2.05) is 0 Å². The molecule has 0 radical (unpaired) electrons. The van der Waals surface area contributed by atoms with E-state index in [4.69, 9.17) is 28.9 Å². The highest BCUT2D eigenvalue weighted by Gasteiger charge is 2.15. The van der Waals surface area contributed by atoms with Gasteiger partial charge in [0.25, 0.3) is 0 Å². The highest BCUT2D eigenvalue weighted by Crippen LogP contribution is 2.28. The van der Waals surface area contributed by atoms with Gasteiger partial charge in [0.1, 0.15) is 5.82 Å². The van der Waals surface area contributed by atoms with Gasteiger partial charge in [0.05, 0.1) is 16.4 Å². The normalized spacial score (nSPS) is 10.8. The first-order valence-electron chi connectivity index (χ1n) is 5.85. The number of anilines is 1. The zero-order valence-corrected chi connectivity index (χ0v) is 12.0. The molecule has 0 aliphatic heterocycles. The highest BCUT2D eigenvalue weighted by atomic mass is 35.5. The number of hydrogen-bond donors (Lipinski definition) is 1. The molecule has 2 aromatic carbocycles. The Hall–Kier alpha value is -2.18. The molecule has 3 aromatic rings. The molecule has 0 spiro atoms. The standard InChI is InChI=1S/C13H8Cl2FN5/c14-8-2-3-9(15)12(6-8)21-13(18-19-20-21)7-1-4-11(17)10(16)5-7/h1-6H,17H2. The number of rotatable bonds is 2. The van der Waals surface area contributed by atoms with Crippen molar-refractivity contribution in [3.05, 3.63) is 52.3 Å². The van der Waals surface area contributed by atoms with Gasteiger partial charge < -0.3 is 5.73 Å². The van der Waals surface area contributed by atoms with Crippen LogP contribution in [0.5, 0.6) is 0 Å². The van der Waals surface area contributed by atoms with Crippen molar-refractivity contribution in [2.24, 2.45) is 0 Å². The Morgan fingerprint density at radius 3 is 2.67 bits per heavy atom. The molecule has 0 unspecified atom stereocenters. The average Bonchev–Trinajstić information content (AvgIpc) is 2.93. The van der Waals surface area contributed by atoms with Gasteiger partial charge in [0, 0.05) is 10.6 Å². The summed E-state index contributed by atoms with van der Waals surface area (Å²) in [6.45, 7) is 0. The Balaban J connectivity index is 2.17. The summed E-state index contributed by atoms with van der Waals surface area (Å²) in [5, 5.41) is 12.3. The van der Waals surface area contributed by atoms with Crippen molar-refractivity contribution in [2.75, 3.05) is 5.73 Å². The topological polar surface area (TPSA) is 69.6 Å². The number of nitrogen functional groups attached to an aromatic ring is 1. The lowest BCUT2D eigenvalue weighted by Crippen LogP contribution is -2.01. The lowest BCUT2D eigenvalue weighted by atomic mass is 10.2. The summed E-state index contributed by atoms with van der Waals surface area (Å²) in [6.07, 6.45) is 0. The molecular weight excluding hydrogens is 316 g/mol. The van der Waals surface area contributed by atoms with Crippen LogP contribution in [0.3, 0.4) is 0 Å². The predicted octanol–water partition coefficient (Wildman–Crippen LogP) is 3.36. The van der Waals surface area contributed by atoms with Crippen LogP contribution >= 0.6 is 23.2 Å². The van der Waals surface area contributed by atoms with Crippen molar-refractivity contribution in [3.8, 4) is 17.1 Å². The maximum absolute atomic E-state index is 13.6. The molecule has 0 fully saturated rings. The zero-order valence-electron chi connectivity index (χ0n) is 10.5. The summed E-state index contributed by atoms with van der Waals surface area (Å²) in [4.78, 5) is 0. The predicted molar refractivity (Wildman–Crippen MR) is 79.0 cm³/mol. The summed E-state index contributed by atoms with van der Waals surface area (Å²) in [5.41, 5.74) is 6.49. The first-order valence-corrected chi connectivity index (χ1v) is 6.61. The minimum absolute atomic E-state index is 0.0542. The molecular formula is C13H8Cl2FN5. The molecule has 0 atom stereocenters. The summed E-state index contributed by atoms with van der Waals surface area (Å²) in [7, 11) is 0. The van der Waals surface area contributed by atoms with Crippen molar-refractivity contribution >= 4 is 28.9 Å². The Bertz CT molecular complexity index is 818. The maximum Gasteiger partial charge on any atom is 0.187 e. The monoisotopic (exact) mass is 323 g/mol. The fourth-order valence-corrected chi connectivity index (χ4v) is 2.21. The first kappa shape index (κ1) is 13.8. The van der Waals surface area contributed by atoms with Crippen LogP contribution < -0.4 is 5.73 Å². The molecule has 1 aromatic heterocycles. The Morgan fingerprint density at radius 2 is 1.90 bits per heavy atom. The number of nitrogens with two attached hydrogens (primary N) is 1. The second-order valence-corrected chi connectivity index (χ2v) is 5.09. The second-order valence-electron chi connectivity index (χ2n) is 4.25. The number of halogens is 3. The van der Waals surface area contributed by atoms with Gasteiger partial charge in [-0.1, -0.05) is 23.2 Å². The maximum atomic E-state index is 13.6. The summed E-state index contributed by atoms with van der Waals surface area (Å²) >= 11 is 12.1. The van der Waals surface area contributed by atoms with Crippen LogP contribution in [0.15, 0.2) is 36.4 Å². The highest BCUT2D eigenvalue weighted by molar-refractivity contribution is 6.34. The molecule has 8 heteroatoms. The van der Waals surface area contributed by atoms with Gasteiger partial charge in [0.2, 0.25) is 0 Å². The molecule has 21 heavy (non-hydrogen) atoms. The minimum Gasteiger partial charge on any atom is -0.396 e. The van der Waals surface area contributed by atoms with Crippen molar-refractivity contribution < 1.29 is 4.39 Å². The average molecular weight is 324 g/mol. The number of tetrazole rings is 1. The summed E-state index contributed by atoms with van der Waals surface area (Å²) in [5.74, 6) is -0.211. The van der Waals surface area contributed by atoms with Crippen molar-refractivity contribution in [3.63, 3.8) is 0 Å². The summed E-state index contributed by atoms with van der Waals surface area (Å²) < 4.78 is 15.0. The van der Waals surface area contributed by atoms with E-state index >= 15 is 0 Å². The molecule has 0 saturated heterocycles. The second kappa shape index (κ2) is 5.31. The van der Waals surface area contributed by atoms with Crippen LogP contribution in [-0.4, -0.2) is 20.2 Å². The van der Waals surface area contributed by atoms with E-state index in [1.165, 1.54) is 16.8 Å². The number of nitrogens with zero attached hydrogens (tertiary/aromatic N) is 4. The minimum atomic E-state index is -0.542. The van der Waals surface area contributed by atoms with E-state index in [0.29, 0.717) is 27.1 Å². The van der Waals surface area contributed by atoms with Gasteiger partial charge in [-0.15, -0.1) is 5.10 Å². The lowest BCUT2D eigenvalue weighted by molar-refractivity contribution is 0.632. The zero-order chi connectivity index (χ0) is 15.0. The SMILES string of the molecule is Nc1ccc(-c2nnnn2-c2cc(Cl)ccc2Cl)cc1F. The van der Waals surface area contributed by atoms with E-state index in [9.17, 15) is 4.39 Å². The third kappa shape index (κ3) is 2.55. The molecule has 3 rings (SSSR count). The first-order chi connectivity index (χ1) is 10.1. The molecule has 1 heterocycles. The van der Waals surface area contributed by atoms with E-state index < -0.39 is 5.82 Å². The van der Waals surface area contributed by atoms with Crippen LogP contribution in [0, 0.1) is 5.82 Å². The van der Waals surface area contributed by atoms with Gasteiger partial charge >= 0.3 is 0 Å². The molecule has 0 saturated carbocycles.